The summed E-state index contributed by atoms with van der Waals surface area (Å²) in [4.78, 5) is 0. The fourth-order valence-electron chi connectivity index (χ4n) is 0.142. The van der Waals surface area contributed by atoms with Gasteiger partial charge in [-0.05, 0) is 74.7 Å². The van der Waals surface area contributed by atoms with Crippen LogP contribution in [0, 0.1) is 11.8 Å². The molecule has 3 heteroatoms. The predicted octanol–water partition coefficient (Wildman–Crippen LogP) is 2.97. The largest absolute Gasteiger partial charge is 0.183 e. The molecule has 0 nitrogen and oxygen atoms in total. The van der Waals surface area contributed by atoms with Gasteiger partial charge < -0.3 is 0 Å². The molecular formula is C4H3I3. The van der Waals surface area contributed by atoms with Crippen LogP contribution in [0.4, 0.5) is 0 Å². The lowest BCUT2D eigenvalue weighted by molar-refractivity contribution is 1.82. The fourth-order valence-corrected chi connectivity index (χ4v) is 0.951. The first-order chi connectivity index (χ1) is 3.06. The maximum absolute atomic E-state index is 2.99. The van der Waals surface area contributed by atoms with Crippen LogP contribution in [-0.2, 0) is 0 Å². The topological polar surface area (TPSA) is 0 Å². The van der Waals surface area contributed by atoms with Gasteiger partial charge in [-0.1, -0.05) is 5.92 Å². The van der Waals surface area contributed by atoms with Crippen LogP contribution in [0.1, 0.15) is 6.92 Å². The Hall–Kier alpha value is 1.75. The van der Waals surface area contributed by atoms with Gasteiger partial charge in [0.05, 0.1) is 0 Å². The van der Waals surface area contributed by atoms with Gasteiger partial charge >= 0.3 is 0 Å². The molecule has 0 bridgehead atoms. The number of halogens is 3. The van der Waals surface area contributed by atoms with Crippen LogP contribution >= 0.6 is 67.8 Å². The van der Waals surface area contributed by atoms with E-state index in [1.54, 1.807) is 0 Å². The Morgan fingerprint density at radius 1 is 1.29 bits per heavy atom. The van der Waals surface area contributed by atoms with Gasteiger partial charge in [-0.3, -0.25) is 0 Å². The van der Waals surface area contributed by atoms with Gasteiger partial charge in [-0.2, -0.15) is 0 Å². The Kier molecular flexibility index (Phi) is 4.64. The van der Waals surface area contributed by atoms with Gasteiger partial charge in [-0.25, -0.2) is 0 Å². The third-order valence-electron chi connectivity index (χ3n) is 0.267. The smallest absolute Gasteiger partial charge is 0.104 e. The highest BCUT2D eigenvalue weighted by atomic mass is 127. The van der Waals surface area contributed by atoms with E-state index in [0.29, 0.717) is 0 Å². The van der Waals surface area contributed by atoms with Gasteiger partial charge in [0.1, 0.15) is 0 Å². The second-order valence-corrected chi connectivity index (χ2v) is 11.9. The van der Waals surface area contributed by atoms with Crippen molar-refractivity contribution >= 4 is 67.8 Å². The molecule has 40 valence electrons. The molecule has 0 aromatic rings. The number of hydrogen-bond donors (Lipinski definition) is 0. The van der Waals surface area contributed by atoms with E-state index in [2.05, 4.69) is 79.6 Å². The lowest BCUT2D eigenvalue weighted by Crippen LogP contribution is -1.89. The van der Waals surface area contributed by atoms with Crippen LogP contribution < -0.4 is 0 Å². The normalized spacial score (nSPS) is 9.71. The van der Waals surface area contributed by atoms with Crippen molar-refractivity contribution in [2.45, 2.75) is 6.36 Å². The maximum atomic E-state index is 2.99. The van der Waals surface area contributed by atoms with E-state index in [4.69, 9.17) is 0 Å². The molecule has 0 aliphatic heterocycles. The predicted molar refractivity (Wildman–Crippen MR) is 58.2 cm³/mol. The summed E-state index contributed by atoms with van der Waals surface area (Å²) in [5.74, 6) is 5.83. The second-order valence-electron chi connectivity index (χ2n) is 0.873. The minimum absolute atomic E-state index is 0.0992. The minimum atomic E-state index is 0.0992. The Bertz CT molecular complexity index is 100. The van der Waals surface area contributed by atoms with Gasteiger partial charge in [0.2, 0.25) is 0 Å². The summed E-state index contributed by atoms with van der Waals surface area (Å²) in [6, 6.07) is 0. The van der Waals surface area contributed by atoms with Crippen molar-refractivity contribution in [1.29, 1.82) is 0 Å². The van der Waals surface area contributed by atoms with Gasteiger partial charge in [0, 0.05) is 0 Å². The van der Waals surface area contributed by atoms with Crippen molar-refractivity contribution in [3.8, 4) is 11.8 Å². The monoisotopic (exact) mass is 432 g/mol. The summed E-state index contributed by atoms with van der Waals surface area (Å²) in [6.45, 7) is 1.85. The Balaban J connectivity index is 3.72. The number of rotatable bonds is 0. The molecule has 0 aromatic carbocycles. The zero-order valence-corrected chi connectivity index (χ0v) is 10.1. The van der Waals surface area contributed by atoms with Crippen LogP contribution in [0.15, 0.2) is 0 Å². The summed E-state index contributed by atoms with van der Waals surface area (Å²) in [6.07, 6.45) is 0. The van der Waals surface area contributed by atoms with E-state index in [0.717, 1.165) is 0 Å². The highest BCUT2D eigenvalue weighted by Gasteiger charge is 2.10. The molecule has 0 aliphatic rings. The molecule has 0 aliphatic carbocycles. The Labute approximate surface area is 84.6 Å². The molecule has 0 spiro atoms. The van der Waals surface area contributed by atoms with Crippen molar-refractivity contribution in [2.75, 3.05) is 0 Å². The highest BCUT2D eigenvalue weighted by molar-refractivity contribution is 14.3. The van der Waals surface area contributed by atoms with E-state index in [9.17, 15) is 0 Å². The molecule has 0 heterocycles. The van der Waals surface area contributed by atoms with Gasteiger partial charge in [-0.15, -0.1) is 5.92 Å². The molecule has 0 aromatic heterocycles. The van der Waals surface area contributed by atoms with Crippen molar-refractivity contribution in [1.82, 2.24) is 0 Å². The van der Waals surface area contributed by atoms with E-state index in [-0.39, 0.29) is -0.565 Å². The molecular weight excluding hydrogens is 429 g/mol. The van der Waals surface area contributed by atoms with Crippen molar-refractivity contribution < 1.29 is 0 Å². The molecule has 0 atom stereocenters. The van der Waals surface area contributed by atoms with E-state index >= 15 is 0 Å². The first-order valence-electron chi connectivity index (χ1n) is 1.57. The van der Waals surface area contributed by atoms with Crippen LogP contribution in [0.5, 0.6) is 0 Å². The number of alkyl halides is 3. The van der Waals surface area contributed by atoms with Crippen LogP contribution in [0.2, 0.25) is 0 Å². The molecule has 0 radical (unpaired) electrons. The summed E-state index contributed by atoms with van der Waals surface area (Å²) in [5.41, 5.74) is 0. The lowest BCUT2D eigenvalue weighted by atomic mass is 10.7. The highest BCUT2D eigenvalue weighted by Crippen LogP contribution is 2.33. The maximum Gasteiger partial charge on any atom is 0.183 e. The lowest BCUT2D eigenvalue weighted by Gasteiger charge is -1.97. The molecule has 0 saturated heterocycles. The van der Waals surface area contributed by atoms with Gasteiger partial charge in [0.15, 0.2) is -0.565 Å². The summed E-state index contributed by atoms with van der Waals surface area (Å²) in [7, 11) is 0. The number of hydrogen-bond acceptors (Lipinski definition) is 0. The summed E-state index contributed by atoms with van der Waals surface area (Å²) >= 11 is 6.83. The molecule has 0 amide bonds. The van der Waals surface area contributed by atoms with E-state index < -0.39 is 0 Å². The molecule has 0 unspecified atom stereocenters. The third-order valence-corrected chi connectivity index (χ3v) is 1.08. The molecule has 0 saturated carbocycles. The molecule has 0 N–H and O–H groups in total. The van der Waals surface area contributed by atoms with Crippen LogP contribution in [0.3, 0.4) is 0 Å². The SMILES string of the molecule is CC#CC(I)(I)I. The van der Waals surface area contributed by atoms with Crippen LogP contribution in [0.25, 0.3) is 0 Å². The quantitative estimate of drug-likeness (QED) is 0.314. The summed E-state index contributed by atoms with van der Waals surface area (Å²) in [5, 5.41) is 0. The first kappa shape index (κ1) is 8.75. The average Bonchev–Trinajstić information content (AvgIpc) is 1.30. The summed E-state index contributed by atoms with van der Waals surface area (Å²) < 4.78 is 0.0992. The molecule has 0 rings (SSSR count). The van der Waals surface area contributed by atoms with E-state index in [1.807, 2.05) is 6.92 Å². The second kappa shape index (κ2) is 3.71. The third kappa shape index (κ3) is 7.75. The first-order valence-corrected chi connectivity index (χ1v) is 4.80. The zero-order chi connectivity index (χ0) is 5.91. The molecule has 7 heavy (non-hydrogen) atoms. The minimum Gasteiger partial charge on any atom is -0.104 e. The van der Waals surface area contributed by atoms with Crippen molar-refractivity contribution in [3.63, 3.8) is 0 Å². The standard InChI is InChI=1S/C4H3I3/c1-2-3-4(5,6)7/h1H3. The Morgan fingerprint density at radius 2 is 1.71 bits per heavy atom. The van der Waals surface area contributed by atoms with Crippen LogP contribution in [-0.4, -0.2) is -0.565 Å². The van der Waals surface area contributed by atoms with Gasteiger partial charge in [0.25, 0.3) is 0 Å². The Morgan fingerprint density at radius 3 is 1.71 bits per heavy atom. The molecule has 0 fully saturated rings. The van der Waals surface area contributed by atoms with E-state index in [1.165, 1.54) is 0 Å². The van der Waals surface area contributed by atoms with Crippen molar-refractivity contribution in [2.24, 2.45) is 0 Å². The zero-order valence-electron chi connectivity index (χ0n) is 3.63. The van der Waals surface area contributed by atoms with Crippen molar-refractivity contribution in [3.05, 3.63) is 0 Å². The fraction of sp³-hybridized carbons (Fsp3) is 0.500. The average molecular weight is 432 g/mol.